The molecular weight excluding hydrogens is 304 g/mol. The van der Waals surface area contributed by atoms with Crippen molar-refractivity contribution in [3.05, 3.63) is 54.4 Å². The maximum Gasteiger partial charge on any atom is 0.319 e. The topological polar surface area (TPSA) is 83.1 Å². The van der Waals surface area contributed by atoms with E-state index >= 15 is 0 Å². The zero-order valence-corrected chi connectivity index (χ0v) is 13.3. The van der Waals surface area contributed by atoms with Gasteiger partial charge in [0.15, 0.2) is 0 Å². The molecule has 0 spiro atoms. The van der Waals surface area contributed by atoms with E-state index in [1.165, 1.54) is 0 Å². The molecule has 0 bridgehead atoms. The van der Waals surface area contributed by atoms with Crippen LogP contribution >= 0.6 is 0 Å². The Bertz CT molecular complexity index is 714. The first kappa shape index (κ1) is 16.0. The van der Waals surface area contributed by atoms with Crippen molar-refractivity contribution in [2.24, 2.45) is 5.92 Å². The van der Waals surface area contributed by atoms with Gasteiger partial charge >= 0.3 is 6.03 Å². The number of nitrogens with one attached hydrogen (secondary N) is 3. The lowest BCUT2D eigenvalue weighted by Gasteiger charge is -2.10. The quantitative estimate of drug-likeness (QED) is 0.764. The van der Waals surface area contributed by atoms with Crippen molar-refractivity contribution in [1.29, 1.82) is 0 Å². The van der Waals surface area contributed by atoms with Crippen molar-refractivity contribution in [2.45, 2.75) is 19.3 Å². The van der Waals surface area contributed by atoms with E-state index in [2.05, 4.69) is 20.9 Å². The first-order valence-electron chi connectivity index (χ1n) is 8.05. The first-order chi connectivity index (χ1) is 11.7. The Morgan fingerprint density at radius 2 is 1.75 bits per heavy atom. The average molecular weight is 324 g/mol. The molecular formula is C18H20N4O2. The Hall–Kier alpha value is -2.89. The number of carbonyl (C=O) groups is 2. The van der Waals surface area contributed by atoms with E-state index in [0.717, 1.165) is 24.8 Å². The lowest BCUT2D eigenvalue weighted by atomic mass is 10.2. The number of urea groups is 1. The third-order valence-electron chi connectivity index (χ3n) is 3.78. The third-order valence-corrected chi connectivity index (χ3v) is 3.78. The minimum Gasteiger partial charge on any atom is -0.338 e. The molecule has 3 N–H and O–H groups in total. The second-order valence-electron chi connectivity index (χ2n) is 5.83. The highest BCUT2D eigenvalue weighted by Crippen LogP contribution is 2.30. The van der Waals surface area contributed by atoms with E-state index < -0.39 is 0 Å². The van der Waals surface area contributed by atoms with Crippen LogP contribution in [0.5, 0.6) is 0 Å². The van der Waals surface area contributed by atoms with E-state index in [1.807, 2.05) is 18.2 Å². The number of anilines is 2. The van der Waals surface area contributed by atoms with Crippen molar-refractivity contribution in [2.75, 3.05) is 17.2 Å². The number of carbonyl (C=O) groups excluding carboxylic acids is 2. The van der Waals surface area contributed by atoms with Crippen LogP contribution in [0.3, 0.4) is 0 Å². The third kappa shape index (κ3) is 4.81. The van der Waals surface area contributed by atoms with Gasteiger partial charge in [0, 0.05) is 36.2 Å². The molecule has 0 radical (unpaired) electrons. The van der Waals surface area contributed by atoms with Crippen LogP contribution in [0.1, 0.15) is 18.4 Å². The summed E-state index contributed by atoms with van der Waals surface area (Å²) < 4.78 is 0. The lowest BCUT2D eigenvalue weighted by molar-refractivity contribution is -0.117. The number of amides is 3. The zero-order valence-electron chi connectivity index (χ0n) is 13.3. The van der Waals surface area contributed by atoms with Gasteiger partial charge in [-0.2, -0.15) is 0 Å². The van der Waals surface area contributed by atoms with Gasteiger partial charge in [0.25, 0.3) is 0 Å². The molecule has 1 aliphatic rings. The lowest BCUT2D eigenvalue weighted by Crippen LogP contribution is -2.30. The SMILES string of the molecule is O=C(NCCc1ccncc1)Nc1cccc(NC(=O)C2CC2)c1. The first-order valence-corrected chi connectivity index (χ1v) is 8.05. The van der Waals surface area contributed by atoms with Crippen LogP contribution in [0.15, 0.2) is 48.8 Å². The molecule has 1 aromatic heterocycles. The van der Waals surface area contributed by atoms with E-state index in [4.69, 9.17) is 0 Å². The van der Waals surface area contributed by atoms with Gasteiger partial charge in [-0.15, -0.1) is 0 Å². The van der Waals surface area contributed by atoms with Crippen LogP contribution in [-0.4, -0.2) is 23.5 Å². The normalized spacial score (nSPS) is 13.2. The molecule has 1 saturated carbocycles. The molecule has 0 unspecified atom stereocenters. The molecule has 6 nitrogen and oxygen atoms in total. The van der Waals surface area contributed by atoms with Gasteiger partial charge in [0.05, 0.1) is 0 Å². The van der Waals surface area contributed by atoms with Gasteiger partial charge in [-0.3, -0.25) is 9.78 Å². The van der Waals surface area contributed by atoms with Gasteiger partial charge < -0.3 is 16.0 Å². The minimum absolute atomic E-state index is 0.0500. The molecule has 0 saturated heterocycles. The Labute approximate surface area is 140 Å². The minimum atomic E-state index is -0.269. The van der Waals surface area contributed by atoms with Crippen molar-refractivity contribution >= 4 is 23.3 Å². The van der Waals surface area contributed by atoms with Gasteiger partial charge in [-0.1, -0.05) is 6.07 Å². The predicted molar refractivity (Wildman–Crippen MR) is 92.8 cm³/mol. The fourth-order valence-corrected chi connectivity index (χ4v) is 2.31. The molecule has 124 valence electrons. The summed E-state index contributed by atoms with van der Waals surface area (Å²) in [4.78, 5) is 27.7. The van der Waals surface area contributed by atoms with Crippen LogP contribution in [0.4, 0.5) is 16.2 Å². The van der Waals surface area contributed by atoms with Gasteiger partial charge in [-0.05, 0) is 55.2 Å². The van der Waals surface area contributed by atoms with Gasteiger partial charge in [0.2, 0.25) is 5.91 Å². The molecule has 1 heterocycles. The average Bonchev–Trinajstić information content (AvgIpc) is 3.41. The number of pyridine rings is 1. The highest BCUT2D eigenvalue weighted by molar-refractivity contribution is 5.95. The highest BCUT2D eigenvalue weighted by atomic mass is 16.2. The monoisotopic (exact) mass is 324 g/mol. The van der Waals surface area contributed by atoms with E-state index in [1.54, 1.807) is 30.6 Å². The Kier molecular flexibility index (Phi) is 5.05. The smallest absolute Gasteiger partial charge is 0.319 e. The Balaban J connectivity index is 1.46. The van der Waals surface area contributed by atoms with Crippen LogP contribution < -0.4 is 16.0 Å². The molecule has 1 aromatic carbocycles. The van der Waals surface area contributed by atoms with Crippen molar-refractivity contribution in [3.63, 3.8) is 0 Å². The van der Waals surface area contributed by atoms with Crippen molar-refractivity contribution < 1.29 is 9.59 Å². The molecule has 3 amide bonds. The summed E-state index contributed by atoms with van der Waals surface area (Å²) in [6, 6.07) is 10.7. The number of hydrogen-bond acceptors (Lipinski definition) is 3. The molecule has 24 heavy (non-hydrogen) atoms. The van der Waals surface area contributed by atoms with Crippen LogP contribution in [-0.2, 0) is 11.2 Å². The molecule has 3 rings (SSSR count). The van der Waals surface area contributed by atoms with Gasteiger partial charge in [-0.25, -0.2) is 4.79 Å². The standard InChI is InChI=1S/C18H20N4O2/c23-17(14-4-5-14)21-15-2-1-3-16(12-15)22-18(24)20-11-8-13-6-9-19-10-7-13/h1-3,6-7,9-10,12,14H,4-5,8,11H2,(H,21,23)(H2,20,22,24). The summed E-state index contributed by atoms with van der Waals surface area (Å²) >= 11 is 0. The van der Waals surface area contributed by atoms with E-state index in [9.17, 15) is 9.59 Å². The van der Waals surface area contributed by atoms with Crippen LogP contribution in [0.25, 0.3) is 0 Å². The molecule has 1 aliphatic carbocycles. The summed E-state index contributed by atoms with van der Waals surface area (Å²) in [5.41, 5.74) is 2.46. The van der Waals surface area contributed by atoms with Crippen molar-refractivity contribution in [1.82, 2.24) is 10.3 Å². The molecule has 2 aromatic rings. The zero-order chi connectivity index (χ0) is 16.8. The summed E-state index contributed by atoms with van der Waals surface area (Å²) in [7, 11) is 0. The Morgan fingerprint density at radius 1 is 1.04 bits per heavy atom. The molecule has 6 heteroatoms. The number of benzene rings is 1. The highest BCUT2D eigenvalue weighted by Gasteiger charge is 2.29. The Morgan fingerprint density at radius 3 is 2.46 bits per heavy atom. The second-order valence-corrected chi connectivity index (χ2v) is 5.83. The number of rotatable bonds is 6. The van der Waals surface area contributed by atoms with E-state index in [-0.39, 0.29) is 17.9 Å². The van der Waals surface area contributed by atoms with Crippen LogP contribution in [0.2, 0.25) is 0 Å². The summed E-state index contributed by atoms with van der Waals surface area (Å²) in [6.07, 6.45) is 6.13. The fraction of sp³-hybridized carbons (Fsp3) is 0.278. The summed E-state index contributed by atoms with van der Waals surface area (Å²) in [6.45, 7) is 0.536. The summed E-state index contributed by atoms with van der Waals surface area (Å²) in [5, 5.41) is 8.45. The molecule has 1 fully saturated rings. The van der Waals surface area contributed by atoms with E-state index in [0.29, 0.717) is 17.9 Å². The molecule has 0 aliphatic heterocycles. The fourth-order valence-electron chi connectivity index (χ4n) is 2.31. The predicted octanol–water partition coefficient (Wildman–Crippen LogP) is 2.79. The number of nitrogens with zero attached hydrogens (tertiary/aromatic N) is 1. The van der Waals surface area contributed by atoms with Crippen LogP contribution in [0, 0.1) is 5.92 Å². The number of aromatic nitrogens is 1. The molecule has 0 atom stereocenters. The van der Waals surface area contributed by atoms with Gasteiger partial charge in [0.1, 0.15) is 0 Å². The number of hydrogen-bond donors (Lipinski definition) is 3. The summed E-state index contributed by atoms with van der Waals surface area (Å²) in [5.74, 6) is 0.201. The maximum atomic E-state index is 11.9. The van der Waals surface area contributed by atoms with Crippen molar-refractivity contribution in [3.8, 4) is 0 Å². The largest absolute Gasteiger partial charge is 0.338 e. The second kappa shape index (κ2) is 7.59. The maximum absolute atomic E-state index is 11.9.